The van der Waals surface area contributed by atoms with E-state index in [-0.39, 0.29) is 4.88 Å². The first-order valence-corrected chi connectivity index (χ1v) is 8.33. The van der Waals surface area contributed by atoms with E-state index in [0.29, 0.717) is 12.2 Å². The van der Waals surface area contributed by atoms with E-state index in [1.165, 1.54) is 11.3 Å². The van der Waals surface area contributed by atoms with Gasteiger partial charge in [-0.3, -0.25) is 9.88 Å². The fraction of sp³-hybridized carbons (Fsp3) is 0.438. The van der Waals surface area contributed by atoms with E-state index in [4.69, 9.17) is 0 Å². The Bertz CT molecular complexity index is 607. The molecular formula is C16H21N3O2S. The molecular weight excluding hydrogens is 298 g/mol. The van der Waals surface area contributed by atoms with Crippen molar-refractivity contribution >= 4 is 17.3 Å². The highest BCUT2D eigenvalue weighted by atomic mass is 32.1. The zero-order valence-electron chi connectivity index (χ0n) is 13.0. The van der Waals surface area contributed by atoms with Crippen molar-refractivity contribution in [2.45, 2.75) is 33.2 Å². The molecule has 6 heteroatoms. The Morgan fingerprint density at radius 1 is 1.32 bits per heavy atom. The molecule has 0 saturated heterocycles. The number of hydrogen-bond acceptors (Lipinski definition) is 5. The Kier molecular flexibility index (Phi) is 6.03. The van der Waals surface area contributed by atoms with Crippen LogP contribution in [0, 0.1) is 0 Å². The fourth-order valence-electron chi connectivity index (χ4n) is 2.37. The molecule has 2 heterocycles. The third-order valence-electron chi connectivity index (χ3n) is 3.24. The minimum atomic E-state index is -0.930. The number of rotatable bonds is 8. The summed E-state index contributed by atoms with van der Waals surface area (Å²) in [4.78, 5) is 22.7. The Morgan fingerprint density at radius 3 is 2.59 bits per heavy atom. The summed E-state index contributed by atoms with van der Waals surface area (Å²) >= 11 is 1.26. The lowest BCUT2D eigenvalue weighted by molar-refractivity contribution is 0.0702. The maximum atomic E-state index is 11.5. The molecule has 0 atom stereocenters. The zero-order valence-corrected chi connectivity index (χ0v) is 13.8. The second kappa shape index (κ2) is 8.00. The Hall–Kier alpha value is -1.79. The third kappa shape index (κ3) is 4.11. The molecule has 1 N–H and O–H groups in total. The average molecular weight is 319 g/mol. The molecule has 2 aromatic rings. The molecule has 0 fully saturated rings. The molecule has 0 aromatic carbocycles. The van der Waals surface area contributed by atoms with Crippen molar-refractivity contribution in [2.24, 2.45) is 0 Å². The third-order valence-corrected chi connectivity index (χ3v) is 4.27. The van der Waals surface area contributed by atoms with Crippen LogP contribution in [0.5, 0.6) is 0 Å². The number of carboxylic acids is 1. The molecule has 0 radical (unpaired) electrons. The lowest BCUT2D eigenvalue weighted by Gasteiger charge is -2.19. The number of aromatic nitrogens is 2. The van der Waals surface area contributed by atoms with Crippen LogP contribution in [0.3, 0.4) is 0 Å². The first-order chi connectivity index (χ1) is 10.7. The summed E-state index contributed by atoms with van der Waals surface area (Å²) in [6.45, 7) is 6.99. The molecule has 0 unspecified atom stereocenters. The van der Waals surface area contributed by atoms with E-state index in [1.807, 2.05) is 6.07 Å². The van der Waals surface area contributed by atoms with Crippen molar-refractivity contribution in [3.63, 3.8) is 0 Å². The number of carbonyl (C=O) groups is 1. The van der Waals surface area contributed by atoms with Crippen molar-refractivity contribution < 1.29 is 9.90 Å². The minimum Gasteiger partial charge on any atom is -0.477 e. The first kappa shape index (κ1) is 16.6. The summed E-state index contributed by atoms with van der Waals surface area (Å²) in [5.74, 6) is -0.930. The van der Waals surface area contributed by atoms with Crippen LogP contribution in [0.1, 0.15) is 41.4 Å². The van der Waals surface area contributed by atoms with Gasteiger partial charge < -0.3 is 5.11 Å². The average Bonchev–Trinajstić information content (AvgIpc) is 2.93. The largest absolute Gasteiger partial charge is 0.477 e. The van der Waals surface area contributed by atoms with Crippen LogP contribution in [-0.2, 0) is 6.54 Å². The molecule has 0 aliphatic rings. The van der Waals surface area contributed by atoms with Crippen LogP contribution in [0.4, 0.5) is 0 Å². The van der Waals surface area contributed by atoms with Gasteiger partial charge in [0.05, 0.1) is 12.2 Å². The van der Waals surface area contributed by atoms with Gasteiger partial charge in [-0.2, -0.15) is 0 Å². The fourth-order valence-corrected chi connectivity index (χ4v) is 3.34. The number of aromatic carboxylic acids is 1. The van der Waals surface area contributed by atoms with Crippen LogP contribution in [0.15, 0.2) is 24.5 Å². The summed E-state index contributed by atoms with van der Waals surface area (Å²) in [6.07, 6.45) is 5.47. The van der Waals surface area contributed by atoms with E-state index >= 15 is 0 Å². The predicted molar refractivity (Wildman–Crippen MR) is 88.2 cm³/mol. The van der Waals surface area contributed by atoms with Gasteiger partial charge in [0.25, 0.3) is 0 Å². The monoisotopic (exact) mass is 319 g/mol. The van der Waals surface area contributed by atoms with Crippen LogP contribution >= 0.6 is 11.3 Å². The van der Waals surface area contributed by atoms with Crippen molar-refractivity contribution in [2.75, 3.05) is 13.1 Å². The molecule has 0 amide bonds. The van der Waals surface area contributed by atoms with Crippen molar-refractivity contribution in [3.05, 3.63) is 34.4 Å². The van der Waals surface area contributed by atoms with Gasteiger partial charge in [0.15, 0.2) is 0 Å². The highest BCUT2D eigenvalue weighted by Crippen LogP contribution is 2.28. The summed E-state index contributed by atoms with van der Waals surface area (Å²) in [5, 5.41) is 10.3. The molecule has 0 spiro atoms. The Balaban J connectivity index is 2.29. The number of pyridine rings is 1. The molecule has 0 saturated carbocycles. The van der Waals surface area contributed by atoms with Gasteiger partial charge in [-0.15, -0.1) is 11.3 Å². The van der Waals surface area contributed by atoms with Gasteiger partial charge in [-0.1, -0.05) is 13.8 Å². The molecule has 2 aromatic heterocycles. The predicted octanol–water partition coefficient (Wildman–Crippen LogP) is 3.53. The van der Waals surface area contributed by atoms with Crippen molar-refractivity contribution in [1.29, 1.82) is 0 Å². The molecule has 5 nitrogen and oxygen atoms in total. The number of nitrogens with zero attached hydrogens (tertiary/aromatic N) is 3. The van der Waals surface area contributed by atoms with Crippen molar-refractivity contribution in [1.82, 2.24) is 14.9 Å². The zero-order chi connectivity index (χ0) is 15.9. The van der Waals surface area contributed by atoms with Crippen molar-refractivity contribution in [3.8, 4) is 11.3 Å². The molecule has 0 bridgehead atoms. The maximum Gasteiger partial charge on any atom is 0.348 e. The highest BCUT2D eigenvalue weighted by Gasteiger charge is 2.19. The Morgan fingerprint density at radius 2 is 2.05 bits per heavy atom. The Labute approximate surface area is 134 Å². The van der Waals surface area contributed by atoms with Gasteiger partial charge in [-0.25, -0.2) is 9.78 Å². The topological polar surface area (TPSA) is 66.3 Å². The van der Waals surface area contributed by atoms with Gasteiger partial charge >= 0.3 is 5.97 Å². The highest BCUT2D eigenvalue weighted by molar-refractivity contribution is 7.14. The first-order valence-electron chi connectivity index (χ1n) is 7.51. The van der Waals surface area contributed by atoms with Gasteiger partial charge in [-0.05, 0) is 38.1 Å². The quantitative estimate of drug-likeness (QED) is 0.806. The lowest BCUT2D eigenvalue weighted by Crippen LogP contribution is -2.24. The van der Waals surface area contributed by atoms with E-state index in [1.54, 1.807) is 18.5 Å². The standard InChI is InChI=1S/C16H21N3O2S/c1-3-8-19(9-4-2)11-13-18-14(15(22-13)16(20)21)12-6-5-7-17-10-12/h5-7,10H,3-4,8-9,11H2,1-2H3,(H,20,21). The summed E-state index contributed by atoms with van der Waals surface area (Å²) in [5.41, 5.74) is 1.27. The van der Waals surface area contributed by atoms with Gasteiger partial charge in [0.2, 0.25) is 0 Å². The lowest BCUT2D eigenvalue weighted by atomic mass is 10.2. The van der Waals surface area contributed by atoms with E-state index < -0.39 is 5.97 Å². The minimum absolute atomic E-state index is 0.288. The van der Waals surface area contributed by atoms with E-state index in [9.17, 15) is 9.90 Å². The summed E-state index contributed by atoms with van der Waals surface area (Å²) < 4.78 is 0. The SMILES string of the molecule is CCCN(CCC)Cc1nc(-c2cccnc2)c(C(=O)O)s1. The van der Waals surface area contributed by atoms with Crippen LogP contribution in [-0.4, -0.2) is 39.0 Å². The molecule has 118 valence electrons. The smallest absolute Gasteiger partial charge is 0.348 e. The molecule has 0 aliphatic heterocycles. The molecule has 22 heavy (non-hydrogen) atoms. The maximum absolute atomic E-state index is 11.5. The summed E-state index contributed by atoms with van der Waals surface area (Å²) in [7, 11) is 0. The van der Waals surface area contributed by atoms with E-state index in [2.05, 4.69) is 28.7 Å². The van der Waals surface area contributed by atoms with Crippen LogP contribution in [0.25, 0.3) is 11.3 Å². The van der Waals surface area contributed by atoms with Crippen LogP contribution < -0.4 is 0 Å². The number of carboxylic acid groups (broad SMARTS) is 1. The summed E-state index contributed by atoms with van der Waals surface area (Å²) in [6, 6.07) is 3.63. The normalized spacial score (nSPS) is 11.0. The van der Waals surface area contributed by atoms with Gasteiger partial charge in [0, 0.05) is 18.0 Å². The number of thiazole rings is 1. The van der Waals surface area contributed by atoms with Gasteiger partial charge in [0.1, 0.15) is 9.88 Å². The molecule has 2 rings (SSSR count). The van der Waals surface area contributed by atoms with E-state index in [0.717, 1.165) is 36.5 Å². The molecule has 0 aliphatic carbocycles. The second-order valence-electron chi connectivity index (χ2n) is 5.11. The van der Waals surface area contributed by atoms with Crippen LogP contribution in [0.2, 0.25) is 0 Å². The number of hydrogen-bond donors (Lipinski definition) is 1. The second-order valence-corrected chi connectivity index (χ2v) is 6.19.